The fourth-order valence-electron chi connectivity index (χ4n) is 1.65. The first-order valence-electron chi connectivity index (χ1n) is 5.97. The van der Waals surface area contributed by atoms with Crippen LogP contribution in [0.1, 0.15) is 30.0 Å². The Kier molecular flexibility index (Phi) is 5.88. The molecular weight excluding hydrogens is 234 g/mol. The molecule has 0 radical (unpaired) electrons. The Balaban J connectivity index is 2.62. The zero-order chi connectivity index (χ0) is 13.5. The predicted octanol–water partition coefficient (Wildman–Crippen LogP) is 1.83. The van der Waals surface area contributed by atoms with E-state index in [1.807, 2.05) is 0 Å². The van der Waals surface area contributed by atoms with Crippen molar-refractivity contribution in [3.8, 4) is 0 Å². The van der Waals surface area contributed by atoms with Crippen LogP contribution in [0.5, 0.6) is 0 Å². The lowest BCUT2D eigenvalue weighted by Gasteiger charge is -2.21. The van der Waals surface area contributed by atoms with Gasteiger partial charge in [-0.3, -0.25) is 0 Å². The number of ether oxygens (including phenoxy) is 2. The van der Waals surface area contributed by atoms with Crippen LogP contribution in [-0.2, 0) is 16.0 Å². The average Bonchev–Trinajstić information content (AvgIpc) is 2.81. The molecule has 1 atom stereocenters. The maximum absolute atomic E-state index is 11.4. The summed E-state index contributed by atoms with van der Waals surface area (Å²) < 4.78 is 14.9. The molecule has 0 aliphatic carbocycles. The molecule has 0 fully saturated rings. The van der Waals surface area contributed by atoms with Gasteiger partial charge < -0.3 is 19.2 Å². The van der Waals surface area contributed by atoms with Crippen molar-refractivity contribution in [2.75, 3.05) is 20.8 Å². The zero-order valence-corrected chi connectivity index (χ0v) is 11.4. The molecule has 0 amide bonds. The molecule has 1 rings (SSSR count). The number of carbonyl (C=O) groups is 1. The topological polar surface area (TPSA) is 60.7 Å². The van der Waals surface area contributed by atoms with E-state index in [4.69, 9.17) is 9.15 Å². The summed E-state index contributed by atoms with van der Waals surface area (Å²) in [5, 5.41) is 3.35. The Labute approximate surface area is 107 Å². The van der Waals surface area contributed by atoms with E-state index in [-0.39, 0.29) is 11.8 Å². The van der Waals surface area contributed by atoms with Gasteiger partial charge in [0.25, 0.3) is 0 Å². The monoisotopic (exact) mass is 255 g/mol. The number of hydrogen-bond acceptors (Lipinski definition) is 5. The van der Waals surface area contributed by atoms with Crippen LogP contribution < -0.4 is 5.32 Å². The lowest BCUT2D eigenvalue weighted by molar-refractivity contribution is 0.0563. The molecule has 0 saturated heterocycles. The molecule has 5 heteroatoms. The van der Waals surface area contributed by atoms with E-state index in [1.54, 1.807) is 13.2 Å². The fourth-order valence-corrected chi connectivity index (χ4v) is 1.65. The summed E-state index contributed by atoms with van der Waals surface area (Å²) in [5.74, 6) is 0.244. The molecule has 1 aromatic rings. The Morgan fingerprint density at radius 3 is 2.72 bits per heavy atom. The fraction of sp³-hybridized carbons (Fsp3) is 0.615. The van der Waals surface area contributed by atoms with Crippen molar-refractivity contribution in [2.45, 2.75) is 26.4 Å². The SMILES string of the molecule is COCC(NCc1ccoc1C(=O)OC)C(C)C. The summed E-state index contributed by atoms with van der Waals surface area (Å²) in [4.78, 5) is 11.4. The Morgan fingerprint density at radius 1 is 1.44 bits per heavy atom. The van der Waals surface area contributed by atoms with Crippen molar-refractivity contribution < 1.29 is 18.7 Å². The van der Waals surface area contributed by atoms with Gasteiger partial charge in [0.05, 0.1) is 20.0 Å². The van der Waals surface area contributed by atoms with Gasteiger partial charge in [-0.15, -0.1) is 0 Å². The van der Waals surface area contributed by atoms with Gasteiger partial charge in [-0.1, -0.05) is 13.8 Å². The first kappa shape index (κ1) is 14.7. The third-order valence-electron chi connectivity index (χ3n) is 2.82. The molecule has 102 valence electrons. The summed E-state index contributed by atoms with van der Waals surface area (Å²) in [6.45, 7) is 5.41. The predicted molar refractivity (Wildman–Crippen MR) is 67.4 cm³/mol. The number of carbonyl (C=O) groups excluding carboxylic acids is 1. The molecule has 1 aromatic heterocycles. The molecule has 0 bridgehead atoms. The van der Waals surface area contributed by atoms with Crippen LogP contribution in [-0.4, -0.2) is 32.8 Å². The van der Waals surface area contributed by atoms with Gasteiger partial charge >= 0.3 is 5.97 Å². The van der Waals surface area contributed by atoms with E-state index >= 15 is 0 Å². The van der Waals surface area contributed by atoms with Crippen molar-refractivity contribution in [1.82, 2.24) is 5.32 Å². The van der Waals surface area contributed by atoms with E-state index < -0.39 is 5.97 Å². The maximum atomic E-state index is 11.4. The van der Waals surface area contributed by atoms with Crippen molar-refractivity contribution >= 4 is 5.97 Å². The van der Waals surface area contributed by atoms with Crippen LogP contribution in [0.4, 0.5) is 0 Å². The molecule has 1 heterocycles. The zero-order valence-electron chi connectivity index (χ0n) is 11.4. The van der Waals surface area contributed by atoms with E-state index in [2.05, 4.69) is 23.9 Å². The lowest BCUT2D eigenvalue weighted by atomic mass is 10.1. The van der Waals surface area contributed by atoms with E-state index in [0.29, 0.717) is 19.1 Å². The van der Waals surface area contributed by atoms with Crippen molar-refractivity contribution in [3.63, 3.8) is 0 Å². The molecule has 0 aliphatic rings. The standard InChI is InChI=1S/C13H21NO4/c1-9(2)11(8-16-3)14-7-10-5-6-18-12(10)13(15)17-4/h5-6,9,11,14H,7-8H2,1-4H3. The highest BCUT2D eigenvalue weighted by molar-refractivity contribution is 5.87. The van der Waals surface area contributed by atoms with Crippen LogP contribution >= 0.6 is 0 Å². The second kappa shape index (κ2) is 7.18. The van der Waals surface area contributed by atoms with Gasteiger partial charge in [0.1, 0.15) is 0 Å². The van der Waals surface area contributed by atoms with Crippen LogP contribution in [0.15, 0.2) is 16.7 Å². The normalized spacial score (nSPS) is 12.7. The van der Waals surface area contributed by atoms with E-state index in [9.17, 15) is 4.79 Å². The van der Waals surface area contributed by atoms with Crippen LogP contribution in [0.2, 0.25) is 0 Å². The van der Waals surface area contributed by atoms with Gasteiger partial charge in [-0.2, -0.15) is 0 Å². The number of furan rings is 1. The van der Waals surface area contributed by atoms with Crippen molar-refractivity contribution in [1.29, 1.82) is 0 Å². The minimum Gasteiger partial charge on any atom is -0.463 e. The molecule has 1 N–H and O–H groups in total. The van der Waals surface area contributed by atoms with Gasteiger partial charge in [0.15, 0.2) is 0 Å². The summed E-state index contributed by atoms with van der Waals surface area (Å²) in [7, 11) is 3.01. The molecule has 18 heavy (non-hydrogen) atoms. The summed E-state index contributed by atoms with van der Waals surface area (Å²) in [6, 6.07) is 2.00. The first-order chi connectivity index (χ1) is 8.60. The molecule has 0 saturated carbocycles. The number of rotatable bonds is 7. The highest BCUT2D eigenvalue weighted by Crippen LogP contribution is 2.12. The Bertz CT molecular complexity index is 373. The summed E-state index contributed by atoms with van der Waals surface area (Å²) >= 11 is 0. The van der Waals surface area contributed by atoms with Crippen LogP contribution in [0.25, 0.3) is 0 Å². The number of nitrogens with one attached hydrogen (secondary N) is 1. The lowest BCUT2D eigenvalue weighted by Crippen LogP contribution is -2.37. The van der Waals surface area contributed by atoms with Crippen LogP contribution in [0, 0.1) is 5.92 Å². The molecular formula is C13H21NO4. The highest BCUT2D eigenvalue weighted by Gasteiger charge is 2.18. The van der Waals surface area contributed by atoms with Gasteiger partial charge in [-0.25, -0.2) is 4.79 Å². The van der Waals surface area contributed by atoms with Crippen molar-refractivity contribution in [2.24, 2.45) is 5.92 Å². The Morgan fingerprint density at radius 2 is 2.17 bits per heavy atom. The molecule has 5 nitrogen and oxygen atoms in total. The van der Waals surface area contributed by atoms with E-state index in [1.165, 1.54) is 13.4 Å². The minimum atomic E-state index is -0.454. The van der Waals surface area contributed by atoms with Crippen LogP contribution in [0.3, 0.4) is 0 Å². The number of hydrogen-bond donors (Lipinski definition) is 1. The summed E-state index contributed by atoms with van der Waals surface area (Å²) in [5.41, 5.74) is 0.795. The first-order valence-corrected chi connectivity index (χ1v) is 5.97. The van der Waals surface area contributed by atoms with E-state index in [0.717, 1.165) is 5.56 Å². The smallest absolute Gasteiger partial charge is 0.374 e. The van der Waals surface area contributed by atoms with Gasteiger partial charge in [0.2, 0.25) is 5.76 Å². The number of methoxy groups -OCH3 is 2. The molecule has 0 spiro atoms. The third-order valence-corrected chi connectivity index (χ3v) is 2.82. The average molecular weight is 255 g/mol. The summed E-state index contributed by atoms with van der Waals surface area (Å²) in [6.07, 6.45) is 1.49. The highest BCUT2D eigenvalue weighted by atomic mass is 16.5. The second-order valence-electron chi connectivity index (χ2n) is 4.45. The Hall–Kier alpha value is -1.33. The quantitative estimate of drug-likeness (QED) is 0.753. The maximum Gasteiger partial charge on any atom is 0.374 e. The second-order valence-corrected chi connectivity index (χ2v) is 4.45. The molecule has 0 aliphatic heterocycles. The van der Waals surface area contributed by atoms with Crippen molar-refractivity contribution in [3.05, 3.63) is 23.7 Å². The molecule has 1 unspecified atom stereocenters. The molecule has 0 aromatic carbocycles. The largest absolute Gasteiger partial charge is 0.463 e. The minimum absolute atomic E-state index is 0.232. The third kappa shape index (κ3) is 3.85. The van der Waals surface area contributed by atoms with Gasteiger partial charge in [-0.05, 0) is 12.0 Å². The van der Waals surface area contributed by atoms with Gasteiger partial charge in [0, 0.05) is 25.3 Å². The number of esters is 1.